The predicted octanol–water partition coefficient (Wildman–Crippen LogP) is 3.80. The zero-order valence-corrected chi connectivity index (χ0v) is 15.5. The number of aryl methyl sites for hydroxylation is 1. The molecule has 1 fully saturated rings. The van der Waals surface area contributed by atoms with Gasteiger partial charge in [0.2, 0.25) is 5.91 Å². The third-order valence-electron chi connectivity index (χ3n) is 4.73. The summed E-state index contributed by atoms with van der Waals surface area (Å²) in [7, 11) is 0. The highest BCUT2D eigenvalue weighted by Gasteiger charge is 2.25. The van der Waals surface area contributed by atoms with Gasteiger partial charge in [0.1, 0.15) is 0 Å². The van der Waals surface area contributed by atoms with Crippen LogP contribution in [0.3, 0.4) is 0 Å². The van der Waals surface area contributed by atoms with Crippen LogP contribution in [0.2, 0.25) is 5.02 Å². The highest BCUT2D eigenvalue weighted by atomic mass is 35.5. The molecule has 5 heteroatoms. The lowest BCUT2D eigenvalue weighted by atomic mass is 10.1. The van der Waals surface area contributed by atoms with E-state index in [9.17, 15) is 4.79 Å². The molecule has 1 aliphatic heterocycles. The third kappa shape index (κ3) is 4.53. The minimum absolute atomic E-state index is 0.00560. The first-order valence-corrected chi connectivity index (χ1v) is 9.03. The van der Waals surface area contributed by atoms with E-state index in [4.69, 9.17) is 11.6 Å². The van der Waals surface area contributed by atoms with Gasteiger partial charge in [0.15, 0.2) is 0 Å². The molecule has 4 nitrogen and oxygen atoms in total. The molecule has 1 N–H and O–H groups in total. The first-order valence-electron chi connectivity index (χ1n) is 8.65. The summed E-state index contributed by atoms with van der Waals surface area (Å²) in [5, 5.41) is 3.57. The van der Waals surface area contributed by atoms with Crippen LogP contribution in [0, 0.1) is 6.92 Å². The van der Waals surface area contributed by atoms with Crippen LogP contribution in [-0.4, -0.2) is 43.0 Å². The van der Waals surface area contributed by atoms with E-state index in [1.54, 1.807) is 12.1 Å². The summed E-state index contributed by atoms with van der Waals surface area (Å²) < 4.78 is 0. The number of piperazine rings is 1. The van der Waals surface area contributed by atoms with Crippen molar-refractivity contribution in [1.82, 2.24) is 4.90 Å². The largest absolute Gasteiger partial charge is 0.369 e. The Balaban J connectivity index is 1.54. The van der Waals surface area contributed by atoms with Gasteiger partial charge >= 0.3 is 0 Å². The number of carbonyl (C=O) groups excluding carboxylic acids is 1. The fourth-order valence-electron chi connectivity index (χ4n) is 3.10. The standard InChI is InChI=1S/C20H24ClN3O/c1-15-6-8-19(9-7-15)24-12-10-23(11-13-24)16(2)20(25)22-18-5-3-4-17(21)14-18/h3-9,14,16H,10-13H2,1-2H3,(H,22,25)/t16-/m1/s1. The molecule has 0 bridgehead atoms. The van der Waals surface area contributed by atoms with Crippen molar-refractivity contribution in [3.05, 3.63) is 59.1 Å². The van der Waals surface area contributed by atoms with Gasteiger partial charge in [0.25, 0.3) is 0 Å². The Bertz CT molecular complexity index is 724. The highest BCUT2D eigenvalue weighted by Crippen LogP contribution is 2.19. The summed E-state index contributed by atoms with van der Waals surface area (Å²) in [6.45, 7) is 7.66. The molecule has 1 aliphatic rings. The van der Waals surface area contributed by atoms with Crippen LogP contribution in [0.4, 0.5) is 11.4 Å². The molecular weight excluding hydrogens is 334 g/mol. The number of anilines is 2. The number of nitrogens with one attached hydrogen (secondary N) is 1. The van der Waals surface area contributed by atoms with Crippen LogP contribution in [0.25, 0.3) is 0 Å². The summed E-state index contributed by atoms with van der Waals surface area (Å²) in [6.07, 6.45) is 0. The van der Waals surface area contributed by atoms with E-state index >= 15 is 0 Å². The van der Waals surface area contributed by atoms with Gasteiger partial charge in [-0.2, -0.15) is 0 Å². The van der Waals surface area contributed by atoms with Crippen LogP contribution < -0.4 is 10.2 Å². The topological polar surface area (TPSA) is 35.6 Å². The molecule has 132 valence electrons. The molecule has 1 amide bonds. The van der Waals surface area contributed by atoms with E-state index in [0.717, 1.165) is 31.9 Å². The maximum absolute atomic E-state index is 12.5. The Morgan fingerprint density at radius 2 is 1.76 bits per heavy atom. The summed E-state index contributed by atoms with van der Waals surface area (Å²) >= 11 is 5.97. The fraction of sp³-hybridized carbons (Fsp3) is 0.350. The third-order valence-corrected chi connectivity index (χ3v) is 4.97. The second kappa shape index (κ2) is 7.89. The quantitative estimate of drug-likeness (QED) is 0.904. The molecule has 0 unspecified atom stereocenters. The van der Waals surface area contributed by atoms with E-state index in [0.29, 0.717) is 5.02 Å². The van der Waals surface area contributed by atoms with Gasteiger partial charge in [-0.15, -0.1) is 0 Å². The van der Waals surface area contributed by atoms with Crippen LogP contribution in [0.5, 0.6) is 0 Å². The van der Waals surface area contributed by atoms with E-state index in [1.165, 1.54) is 11.3 Å². The normalized spacial score (nSPS) is 16.5. The Morgan fingerprint density at radius 1 is 1.08 bits per heavy atom. The second-order valence-corrected chi connectivity index (χ2v) is 6.97. The SMILES string of the molecule is Cc1ccc(N2CCN([C@H](C)C(=O)Nc3cccc(Cl)c3)CC2)cc1. The average Bonchev–Trinajstić information content (AvgIpc) is 2.62. The maximum atomic E-state index is 12.5. The lowest BCUT2D eigenvalue weighted by Gasteiger charge is -2.38. The first kappa shape index (κ1) is 17.8. The average molecular weight is 358 g/mol. The number of carbonyl (C=O) groups is 1. The van der Waals surface area contributed by atoms with Gasteiger partial charge in [0, 0.05) is 42.6 Å². The number of nitrogens with zero attached hydrogens (tertiary/aromatic N) is 2. The lowest BCUT2D eigenvalue weighted by Crippen LogP contribution is -2.52. The molecule has 2 aromatic rings. The smallest absolute Gasteiger partial charge is 0.241 e. The van der Waals surface area contributed by atoms with E-state index in [1.807, 2.05) is 19.1 Å². The zero-order chi connectivity index (χ0) is 17.8. The van der Waals surface area contributed by atoms with Crippen LogP contribution in [-0.2, 0) is 4.79 Å². The summed E-state index contributed by atoms with van der Waals surface area (Å²) in [5.41, 5.74) is 3.26. The van der Waals surface area contributed by atoms with Crippen molar-refractivity contribution < 1.29 is 4.79 Å². The van der Waals surface area contributed by atoms with Crippen molar-refractivity contribution in [1.29, 1.82) is 0 Å². The van der Waals surface area contributed by atoms with E-state index in [-0.39, 0.29) is 11.9 Å². The molecule has 1 saturated heterocycles. The van der Waals surface area contributed by atoms with Crippen molar-refractivity contribution in [3.8, 4) is 0 Å². The Labute approximate surface area is 154 Å². The van der Waals surface area contributed by atoms with Gasteiger partial charge < -0.3 is 10.2 Å². The minimum atomic E-state index is -0.167. The number of halogens is 1. The first-order chi connectivity index (χ1) is 12.0. The molecular formula is C20H24ClN3O. The Kier molecular flexibility index (Phi) is 5.61. The van der Waals surface area contributed by atoms with Crippen LogP contribution >= 0.6 is 11.6 Å². The monoisotopic (exact) mass is 357 g/mol. The molecule has 0 aliphatic carbocycles. The van der Waals surface area contributed by atoms with Gasteiger partial charge in [0.05, 0.1) is 6.04 Å². The number of hydrogen-bond donors (Lipinski definition) is 1. The molecule has 2 aromatic carbocycles. The second-order valence-electron chi connectivity index (χ2n) is 6.53. The number of amides is 1. The minimum Gasteiger partial charge on any atom is -0.369 e. The van der Waals surface area contributed by atoms with Crippen molar-refractivity contribution in [2.75, 3.05) is 36.4 Å². The molecule has 25 heavy (non-hydrogen) atoms. The van der Waals surface area contributed by atoms with E-state index in [2.05, 4.69) is 46.3 Å². The Morgan fingerprint density at radius 3 is 2.40 bits per heavy atom. The van der Waals surface area contributed by atoms with Gasteiger partial charge in [-0.25, -0.2) is 0 Å². The molecule has 0 aromatic heterocycles. The predicted molar refractivity (Wildman–Crippen MR) is 105 cm³/mol. The molecule has 3 rings (SSSR count). The summed E-state index contributed by atoms with van der Waals surface area (Å²) in [5.74, 6) is 0.00560. The number of benzene rings is 2. The van der Waals surface area contributed by atoms with Crippen molar-refractivity contribution in [2.45, 2.75) is 19.9 Å². The maximum Gasteiger partial charge on any atom is 0.241 e. The van der Waals surface area contributed by atoms with Gasteiger partial charge in [-0.05, 0) is 44.2 Å². The van der Waals surface area contributed by atoms with Gasteiger partial charge in [-0.1, -0.05) is 35.4 Å². The summed E-state index contributed by atoms with van der Waals surface area (Å²) in [4.78, 5) is 17.1. The highest BCUT2D eigenvalue weighted by molar-refractivity contribution is 6.30. The fourth-order valence-corrected chi connectivity index (χ4v) is 3.29. The number of hydrogen-bond acceptors (Lipinski definition) is 3. The summed E-state index contributed by atoms with van der Waals surface area (Å²) in [6, 6.07) is 15.7. The molecule has 1 heterocycles. The van der Waals surface area contributed by atoms with Crippen LogP contribution in [0.1, 0.15) is 12.5 Å². The number of rotatable bonds is 4. The van der Waals surface area contributed by atoms with Gasteiger partial charge in [-0.3, -0.25) is 9.69 Å². The van der Waals surface area contributed by atoms with Crippen molar-refractivity contribution in [3.63, 3.8) is 0 Å². The molecule has 1 atom stereocenters. The van der Waals surface area contributed by atoms with Crippen molar-refractivity contribution >= 4 is 28.9 Å². The van der Waals surface area contributed by atoms with E-state index < -0.39 is 0 Å². The van der Waals surface area contributed by atoms with Crippen LogP contribution in [0.15, 0.2) is 48.5 Å². The zero-order valence-electron chi connectivity index (χ0n) is 14.7. The Hall–Kier alpha value is -2.04. The molecule has 0 spiro atoms. The molecule has 0 radical (unpaired) electrons. The lowest BCUT2D eigenvalue weighted by molar-refractivity contribution is -0.120. The molecule has 0 saturated carbocycles. The van der Waals surface area contributed by atoms with Crippen molar-refractivity contribution in [2.24, 2.45) is 0 Å².